The highest BCUT2D eigenvalue weighted by molar-refractivity contribution is 7.09. The van der Waals surface area contributed by atoms with Gasteiger partial charge in [-0.3, -0.25) is 4.98 Å². The van der Waals surface area contributed by atoms with E-state index in [2.05, 4.69) is 9.97 Å². The maximum atomic E-state index is 10.0. The molecular weight excluding hydrogens is 224 g/mol. The maximum Gasteiger partial charge on any atom is 0.137 e. The molecule has 2 rings (SSSR count). The van der Waals surface area contributed by atoms with E-state index in [0.717, 1.165) is 0 Å². The van der Waals surface area contributed by atoms with Crippen LogP contribution in [0.4, 0.5) is 0 Å². The van der Waals surface area contributed by atoms with Gasteiger partial charge in [0.05, 0.1) is 12.8 Å². The van der Waals surface area contributed by atoms with Crippen LogP contribution in [-0.4, -0.2) is 21.7 Å². The summed E-state index contributed by atoms with van der Waals surface area (Å²) in [5.74, 6) is 0.663. The average Bonchev–Trinajstić information content (AvgIpc) is 2.82. The SMILES string of the molecule is CCOc1cncc(C(O)c2nccs2)c1. The number of aliphatic hydroxyl groups is 1. The van der Waals surface area contributed by atoms with Crippen molar-refractivity contribution in [2.45, 2.75) is 13.0 Å². The van der Waals surface area contributed by atoms with Gasteiger partial charge in [0.15, 0.2) is 0 Å². The minimum Gasteiger partial charge on any atom is -0.492 e. The average molecular weight is 236 g/mol. The number of nitrogens with zero attached hydrogens (tertiary/aromatic N) is 2. The van der Waals surface area contributed by atoms with Crippen LogP contribution in [0.25, 0.3) is 0 Å². The summed E-state index contributed by atoms with van der Waals surface area (Å²) in [7, 11) is 0. The van der Waals surface area contributed by atoms with E-state index >= 15 is 0 Å². The third kappa shape index (κ3) is 2.37. The molecule has 0 aliphatic carbocycles. The molecule has 1 unspecified atom stereocenters. The minimum absolute atomic E-state index is 0.582. The first-order valence-corrected chi connectivity index (χ1v) is 5.84. The van der Waals surface area contributed by atoms with E-state index in [0.29, 0.717) is 22.9 Å². The molecule has 5 heteroatoms. The Morgan fingerprint density at radius 1 is 1.50 bits per heavy atom. The highest BCUT2D eigenvalue weighted by Crippen LogP contribution is 2.25. The third-order valence-corrected chi connectivity index (χ3v) is 2.87. The van der Waals surface area contributed by atoms with Crippen molar-refractivity contribution in [2.24, 2.45) is 0 Å². The molecule has 0 fully saturated rings. The summed E-state index contributed by atoms with van der Waals surface area (Å²) >= 11 is 1.42. The number of aliphatic hydroxyl groups excluding tert-OH is 1. The fourth-order valence-electron chi connectivity index (χ4n) is 1.34. The molecule has 1 atom stereocenters. The summed E-state index contributed by atoms with van der Waals surface area (Å²) in [6.45, 7) is 2.49. The van der Waals surface area contributed by atoms with Crippen molar-refractivity contribution < 1.29 is 9.84 Å². The van der Waals surface area contributed by atoms with Gasteiger partial charge in [-0.1, -0.05) is 0 Å². The normalized spacial score (nSPS) is 12.4. The first-order valence-electron chi connectivity index (χ1n) is 4.96. The Kier molecular flexibility index (Phi) is 3.48. The lowest BCUT2D eigenvalue weighted by Gasteiger charge is -2.09. The predicted molar refractivity (Wildman–Crippen MR) is 61.6 cm³/mol. The number of ether oxygens (including phenoxy) is 1. The molecule has 0 radical (unpaired) electrons. The predicted octanol–water partition coefficient (Wildman–Crippen LogP) is 2.02. The van der Waals surface area contributed by atoms with Gasteiger partial charge in [-0.05, 0) is 13.0 Å². The molecule has 16 heavy (non-hydrogen) atoms. The van der Waals surface area contributed by atoms with E-state index in [1.54, 1.807) is 24.7 Å². The van der Waals surface area contributed by atoms with E-state index in [4.69, 9.17) is 4.74 Å². The number of hydrogen-bond donors (Lipinski definition) is 1. The zero-order valence-corrected chi connectivity index (χ0v) is 9.65. The van der Waals surface area contributed by atoms with E-state index in [9.17, 15) is 5.11 Å². The fourth-order valence-corrected chi connectivity index (χ4v) is 1.99. The number of aromatic nitrogens is 2. The molecule has 0 saturated carbocycles. The van der Waals surface area contributed by atoms with Crippen LogP contribution in [0.1, 0.15) is 23.6 Å². The van der Waals surface area contributed by atoms with Crippen LogP contribution < -0.4 is 4.74 Å². The van der Waals surface area contributed by atoms with Crippen molar-refractivity contribution in [3.63, 3.8) is 0 Å². The van der Waals surface area contributed by atoms with Crippen LogP contribution >= 0.6 is 11.3 Å². The summed E-state index contributed by atoms with van der Waals surface area (Å²) in [5.41, 5.74) is 0.695. The van der Waals surface area contributed by atoms with Gasteiger partial charge in [0.2, 0.25) is 0 Å². The molecule has 0 aliphatic rings. The first kappa shape index (κ1) is 11.0. The van der Waals surface area contributed by atoms with Gasteiger partial charge in [-0.25, -0.2) is 4.98 Å². The van der Waals surface area contributed by atoms with Crippen LogP contribution in [0.2, 0.25) is 0 Å². The summed E-state index contributed by atoms with van der Waals surface area (Å²) < 4.78 is 5.32. The Hall–Kier alpha value is -1.46. The number of hydrogen-bond acceptors (Lipinski definition) is 5. The van der Waals surface area contributed by atoms with Crippen molar-refractivity contribution in [1.29, 1.82) is 0 Å². The van der Waals surface area contributed by atoms with Crippen molar-refractivity contribution in [3.05, 3.63) is 40.6 Å². The molecule has 0 amide bonds. The Labute approximate surface area is 97.6 Å². The van der Waals surface area contributed by atoms with Crippen molar-refractivity contribution in [3.8, 4) is 5.75 Å². The summed E-state index contributed by atoms with van der Waals surface area (Å²) in [4.78, 5) is 8.09. The summed E-state index contributed by atoms with van der Waals surface area (Å²) in [6, 6.07) is 1.78. The van der Waals surface area contributed by atoms with Gasteiger partial charge in [0.25, 0.3) is 0 Å². The molecule has 1 N–H and O–H groups in total. The van der Waals surface area contributed by atoms with E-state index < -0.39 is 6.10 Å². The molecule has 0 aromatic carbocycles. The molecule has 2 aromatic rings. The van der Waals surface area contributed by atoms with Crippen LogP contribution in [0, 0.1) is 0 Å². The number of pyridine rings is 1. The second kappa shape index (κ2) is 5.05. The molecular formula is C11H12N2O2S. The van der Waals surface area contributed by atoms with Gasteiger partial charge < -0.3 is 9.84 Å². The molecule has 2 aromatic heterocycles. The second-order valence-corrected chi connectivity index (χ2v) is 4.09. The maximum absolute atomic E-state index is 10.0. The Morgan fingerprint density at radius 2 is 2.38 bits per heavy atom. The molecule has 0 aliphatic heterocycles. The van der Waals surface area contributed by atoms with Crippen molar-refractivity contribution in [2.75, 3.05) is 6.61 Å². The van der Waals surface area contributed by atoms with E-state index in [-0.39, 0.29) is 0 Å². The molecule has 0 saturated heterocycles. The lowest BCUT2D eigenvalue weighted by Crippen LogP contribution is -2.01. The standard InChI is InChI=1S/C11H12N2O2S/c1-2-15-9-5-8(6-12-7-9)10(14)11-13-3-4-16-11/h3-7,10,14H,2H2,1H3. The highest BCUT2D eigenvalue weighted by Gasteiger charge is 2.13. The summed E-state index contributed by atoms with van der Waals surface area (Å²) in [6.07, 6.45) is 4.19. The Bertz CT molecular complexity index is 445. The van der Waals surface area contributed by atoms with Gasteiger partial charge >= 0.3 is 0 Å². The third-order valence-electron chi connectivity index (χ3n) is 2.05. The van der Waals surface area contributed by atoms with Crippen molar-refractivity contribution in [1.82, 2.24) is 9.97 Å². The minimum atomic E-state index is -0.729. The number of rotatable bonds is 4. The largest absolute Gasteiger partial charge is 0.492 e. The molecule has 84 valence electrons. The van der Waals surface area contributed by atoms with Gasteiger partial charge in [0.1, 0.15) is 16.9 Å². The molecule has 2 heterocycles. The summed E-state index contributed by atoms with van der Waals surface area (Å²) in [5, 5.41) is 12.5. The highest BCUT2D eigenvalue weighted by atomic mass is 32.1. The van der Waals surface area contributed by atoms with Crippen LogP contribution in [0.3, 0.4) is 0 Å². The molecule has 0 spiro atoms. The van der Waals surface area contributed by atoms with Crippen LogP contribution in [-0.2, 0) is 0 Å². The topological polar surface area (TPSA) is 55.2 Å². The van der Waals surface area contributed by atoms with Crippen LogP contribution in [0.5, 0.6) is 5.75 Å². The second-order valence-electron chi connectivity index (χ2n) is 3.16. The van der Waals surface area contributed by atoms with E-state index in [1.165, 1.54) is 11.3 Å². The monoisotopic (exact) mass is 236 g/mol. The lowest BCUT2D eigenvalue weighted by atomic mass is 10.2. The zero-order chi connectivity index (χ0) is 11.4. The van der Waals surface area contributed by atoms with Gasteiger partial charge in [-0.15, -0.1) is 11.3 Å². The van der Waals surface area contributed by atoms with Gasteiger partial charge in [0, 0.05) is 23.3 Å². The van der Waals surface area contributed by atoms with E-state index in [1.807, 2.05) is 12.3 Å². The molecule has 4 nitrogen and oxygen atoms in total. The molecule has 0 bridgehead atoms. The fraction of sp³-hybridized carbons (Fsp3) is 0.273. The van der Waals surface area contributed by atoms with Crippen molar-refractivity contribution >= 4 is 11.3 Å². The quantitative estimate of drug-likeness (QED) is 0.882. The Balaban J connectivity index is 2.23. The lowest BCUT2D eigenvalue weighted by molar-refractivity contribution is 0.218. The first-order chi connectivity index (χ1) is 7.81. The van der Waals surface area contributed by atoms with Gasteiger partial charge in [-0.2, -0.15) is 0 Å². The van der Waals surface area contributed by atoms with Crippen LogP contribution in [0.15, 0.2) is 30.0 Å². The smallest absolute Gasteiger partial charge is 0.137 e. The zero-order valence-electron chi connectivity index (χ0n) is 8.83. The Morgan fingerprint density at radius 3 is 3.06 bits per heavy atom. The number of thiazole rings is 1.